The van der Waals surface area contributed by atoms with Crippen LogP contribution in [0.3, 0.4) is 0 Å². The molecule has 0 atom stereocenters. The number of rotatable bonds is 0. The predicted octanol–water partition coefficient (Wildman–Crippen LogP) is 1.78. The van der Waals surface area contributed by atoms with Crippen LogP contribution in [0.5, 0.6) is 0 Å². The van der Waals surface area contributed by atoms with Crippen LogP contribution in [0.4, 0.5) is 5.69 Å². The van der Waals surface area contributed by atoms with Crippen LogP contribution >= 0.6 is 0 Å². The van der Waals surface area contributed by atoms with Gasteiger partial charge in [-0.2, -0.15) is 0 Å². The molecule has 0 aliphatic carbocycles. The summed E-state index contributed by atoms with van der Waals surface area (Å²) >= 11 is 0. The number of pyridine rings is 1. The molecule has 1 N–H and O–H groups in total. The predicted molar refractivity (Wildman–Crippen MR) is 45.8 cm³/mol. The minimum Gasteiger partial charge on any atom is -0.383 e. The Hall–Kier alpha value is -1.05. The van der Waals surface area contributed by atoms with Gasteiger partial charge in [0.15, 0.2) is 0 Å². The number of anilines is 1. The average Bonchev–Trinajstić information content (AvgIpc) is 2.29. The summed E-state index contributed by atoms with van der Waals surface area (Å²) in [5.41, 5.74) is 2.85. The molecule has 0 aromatic carbocycles. The van der Waals surface area contributed by atoms with E-state index in [0.29, 0.717) is 0 Å². The van der Waals surface area contributed by atoms with Gasteiger partial charge in [-0.3, -0.25) is 4.98 Å². The fraction of sp³-hybridized carbons (Fsp3) is 0.444. The number of nitrogens with zero attached hydrogens (tertiary/aromatic N) is 1. The van der Waals surface area contributed by atoms with E-state index < -0.39 is 0 Å². The fourth-order valence-electron chi connectivity index (χ4n) is 1.54. The molecular formula is C9H12N2. The van der Waals surface area contributed by atoms with Gasteiger partial charge in [0.25, 0.3) is 0 Å². The molecule has 0 radical (unpaired) electrons. The van der Waals surface area contributed by atoms with E-state index in [1.54, 1.807) is 0 Å². The first kappa shape index (κ1) is 6.65. The van der Waals surface area contributed by atoms with Crippen molar-refractivity contribution < 1.29 is 0 Å². The quantitative estimate of drug-likeness (QED) is 0.606. The first-order valence-electron chi connectivity index (χ1n) is 3.88. The van der Waals surface area contributed by atoms with Gasteiger partial charge in [-0.15, -0.1) is 0 Å². The van der Waals surface area contributed by atoms with Crippen LogP contribution in [0.15, 0.2) is 18.5 Å². The Bertz CT molecular complexity index is 279. The molecule has 0 fully saturated rings. The van der Waals surface area contributed by atoms with E-state index in [9.17, 15) is 0 Å². The highest BCUT2D eigenvalue weighted by molar-refractivity contribution is 5.57. The summed E-state index contributed by atoms with van der Waals surface area (Å²) in [4.78, 5) is 4.06. The third kappa shape index (κ3) is 0.897. The van der Waals surface area contributed by atoms with Crippen molar-refractivity contribution in [1.82, 2.24) is 4.98 Å². The second kappa shape index (κ2) is 1.97. The molecule has 2 nitrogen and oxygen atoms in total. The fourth-order valence-corrected chi connectivity index (χ4v) is 1.54. The summed E-state index contributed by atoms with van der Waals surface area (Å²) < 4.78 is 0. The van der Waals surface area contributed by atoms with E-state index in [4.69, 9.17) is 0 Å². The molecule has 1 aromatic heterocycles. The summed E-state index contributed by atoms with van der Waals surface area (Å²) in [7, 11) is 0. The first-order chi connectivity index (χ1) is 5.20. The molecule has 0 saturated heterocycles. The smallest absolute Gasteiger partial charge is 0.0565 e. The third-order valence-corrected chi connectivity index (χ3v) is 2.27. The second-order valence-electron chi connectivity index (χ2n) is 3.66. The molecule has 0 spiro atoms. The molecule has 11 heavy (non-hydrogen) atoms. The zero-order chi connectivity index (χ0) is 7.90. The topological polar surface area (TPSA) is 24.9 Å². The maximum absolute atomic E-state index is 4.06. The lowest BCUT2D eigenvalue weighted by molar-refractivity contribution is 0.586. The van der Waals surface area contributed by atoms with Crippen LogP contribution in [0, 0.1) is 0 Å². The monoisotopic (exact) mass is 148 g/mol. The molecule has 2 heterocycles. The van der Waals surface area contributed by atoms with Crippen molar-refractivity contribution in [2.45, 2.75) is 19.3 Å². The lowest BCUT2D eigenvalue weighted by atomic mass is 9.88. The molecule has 0 bridgehead atoms. The Morgan fingerprint density at radius 3 is 3.09 bits per heavy atom. The number of nitrogens with one attached hydrogen (secondary N) is 1. The number of aromatic nitrogens is 1. The van der Waals surface area contributed by atoms with Gasteiger partial charge in [0.1, 0.15) is 0 Å². The zero-order valence-corrected chi connectivity index (χ0v) is 6.89. The normalized spacial score (nSPS) is 19.1. The van der Waals surface area contributed by atoms with Crippen LogP contribution in [0.2, 0.25) is 0 Å². The standard InChI is InChI=1S/C9H12N2/c1-9(2)6-11-8-5-10-4-3-7(8)9/h3-5,11H,6H2,1-2H3. The molecule has 0 amide bonds. The molecule has 58 valence electrons. The molecular weight excluding hydrogens is 136 g/mol. The van der Waals surface area contributed by atoms with Crippen molar-refractivity contribution in [1.29, 1.82) is 0 Å². The Balaban J connectivity index is 2.56. The highest BCUT2D eigenvalue weighted by Gasteiger charge is 2.28. The van der Waals surface area contributed by atoms with Crippen molar-refractivity contribution in [2.75, 3.05) is 11.9 Å². The molecule has 1 aliphatic rings. The van der Waals surface area contributed by atoms with E-state index in [0.717, 1.165) is 6.54 Å². The Labute approximate surface area is 66.7 Å². The Kier molecular flexibility index (Phi) is 1.19. The molecule has 2 rings (SSSR count). The molecule has 1 aliphatic heterocycles. The van der Waals surface area contributed by atoms with E-state index >= 15 is 0 Å². The first-order valence-corrected chi connectivity index (χ1v) is 3.88. The summed E-state index contributed by atoms with van der Waals surface area (Å²) in [5.74, 6) is 0. The highest BCUT2D eigenvalue weighted by atomic mass is 14.9. The van der Waals surface area contributed by atoms with Crippen molar-refractivity contribution >= 4 is 5.69 Å². The third-order valence-electron chi connectivity index (χ3n) is 2.27. The van der Waals surface area contributed by atoms with E-state index in [1.165, 1.54) is 11.3 Å². The number of fused-ring (bicyclic) bond motifs is 1. The van der Waals surface area contributed by atoms with Crippen molar-refractivity contribution in [2.24, 2.45) is 0 Å². The van der Waals surface area contributed by atoms with Gasteiger partial charge in [0.05, 0.1) is 11.9 Å². The summed E-state index contributed by atoms with van der Waals surface area (Å²) in [6.45, 7) is 5.51. The van der Waals surface area contributed by atoms with Gasteiger partial charge in [-0.25, -0.2) is 0 Å². The van der Waals surface area contributed by atoms with Gasteiger partial charge in [-0.05, 0) is 11.6 Å². The Morgan fingerprint density at radius 2 is 2.36 bits per heavy atom. The van der Waals surface area contributed by atoms with Gasteiger partial charge < -0.3 is 5.32 Å². The zero-order valence-electron chi connectivity index (χ0n) is 6.89. The van der Waals surface area contributed by atoms with E-state index in [2.05, 4.69) is 30.2 Å². The van der Waals surface area contributed by atoms with Crippen molar-refractivity contribution in [3.8, 4) is 0 Å². The van der Waals surface area contributed by atoms with E-state index in [1.807, 2.05) is 12.4 Å². The highest BCUT2D eigenvalue weighted by Crippen LogP contribution is 2.34. The maximum atomic E-state index is 4.06. The van der Waals surface area contributed by atoms with Crippen LogP contribution in [-0.2, 0) is 5.41 Å². The molecule has 1 aromatic rings. The van der Waals surface area contributed by atoms with Crippen LogP contribution in [-0.4, -0.2) is 11.5 Å². The second-order valence-corrected chi connectivity index (χ2v) is 3.66. The van der Waals surface area contributed by atoms with Gasteiger partial charge in [0.2, 0.25) is 0 Å². The number of hydrogen-bond donors (Lipinski definition) is 1. The minimum absolute atomic E-state index is 0.276. The van der Waals surface area contributed by atoms with Gasteiger partial charge in [0, 0.05) is 18.2 Å². The lowest BCUT2D eigenvalue weighted by Crippen LogP contribution is -2.18. The van der Waals surface area contributed by atoms with Crippen LogP contribution in [0.1, 0.15) is 19.4 Å². The lowest BCUT2D eigenvalue weighted by Gasteiger charge is -2.16. The number of hydrogen-bond acceptors (Lipinski definition) is 2. The summed E-state index contributed by atoms with van der Waals surface area (Å²) in [6.07, 6.45) is 3.75. The molecule has 0 saturated carbocycles. The maximum Gasteiger partial charge on any atom is 0.0565 e. The van der Waals surface area contributed by atoms with Crippen LogP contribution < -0.4 is 5.32 Å². The van der Waals surface area contributed by atoms with Gasteiger partial charge in [-0.1, -0.05) is 13.8 Å². The van der Waals surface area contributed by atoms with Crippen LogP contribution in [0.25, 0.3) is 0 Å². The SMILES string of the molecule is CC1(C)CNc2cnccc21. The summed E-state index contributed by atoms with van der Waals surface area (Å²) in [5, 5.41) is 3.33. The van der Waals surface area contributed by atoms with Crippen molar-refractivity contribution in [3.63, 3.8) is 0 Å². The Morgan fingerprint density at radius 1 is 1.55 bits per heavy atom. The van der Waals surface area contributed by atoms with Gasteiger partial charge >= 0.3 is 0 Å². The molecule has 0 unspecified atom stereocenters. The average molecular weight is 148 g/mol. The largest absolute Gasteiger partial charge is 0.383 e. The van der Waals surface area contributed by atoms with E-state index in [-0.39, 0.29) is 5.41 Å². The summed E-state index contributed by atoms with van der Waals surface area (Å²) in [6, 6.07) is 2.09. The minimum atomic E-state index is 0.276. The molecule has 2 heteroatoms. The van der Waals surface area contributed by atoms with Crippen molar-refractivity contribution in [3.05, 3.63) is 24.0 Å².